The molecule has 0 unspecified atom stereocenters. The molecule has 0 aromatic rings. The summed E-state index contributed by atoms with van der Waals surface area (Å²) in [6.07, 6.45) is -4.87. The number of ether oxygens (including phenoxy) is 2. The van der Waals surface area contributed by atoms with Crippen LogP contribution >= 0.6 is 0 Å². The fourth-order valence-corrected chi connectivity index (χ4v) is 0.570. The zero-order valence-electron chi connectivity index (χ0n) is 9.28. The Morgan fingerprint density at radius 3 is 2.00 bits per heavy atom. The minimum absolute atomic E-state index is 0.213. The molecule has 0 aromatic heterocycles. The van der Waals surface area contributed by atoms with Crippen LogP contribution in [0.25, 0.3) is 0 Å². The Kier molecular flexibility index (Phi) is 9.29. The van der Waals surface area contributed by atoms with E-state index in [1.54, 1.807) is 0 Å². The summed E-state index contributed by atoms with van der Waals surface area (Å²) in [4.78, 5) is 19.4. The molecular formula is C8H14F3NO5. The van der Waals surface area contributed by atoms with Crippen molar-refractivity contribution in [3.63, 3.8) is 0 Å². The van der Waals surface area contributed by atoms with Crippen LogP contribution in [0, 0.1) is 0 Å². The second kappa shape index (κ2) is 8.76. The molecule has 0 bridgehead atoms. The Hall–Kier alpha value is -1.35. The zero-order valence-corrected chi connectivity index (χ0v) is 9.28. The van der Waals surface area contributed by atoms with E-state index in [2.05, 4.69) is 4.74 Å². The van der Waals surface area contributed by atoms with E-state index in [1.165, 1.54) is 14.2 Å². The minimum atomic E-state index is -5.08. The number of nitrogens with two attached hydrogens (primary N) is 1. The Labute approximate surface area is 95.5 Å². The van der Waals surface area contributed by atoms with Crippen molar-refractivity contribution in [2.75, 3.05) is 20.8 Å². The van der Waals surface area contributed by atoms with Gasteiger partial charge in [0.05, 0.1) is 20.1 Å². The van der Waals surface area contributed by atoms with E-state index in [1.807, 2.05) is 0 Å². The summed E-state index contributed by atoms with van der Waals surface area (Å²) in [6.45, 7) is 0.384. The van der Waals surface area contributed by atoms with Crippen LogP contribution < -0.4 is 5.73 Å². The maximum atomic E-state index is 10.6. The van der Waals surface area contributed by atoms with Crippen molar-refractivity contribution >= 4 is 11.9 Å². The Balaban J connectivity index is 0. The minimum Gasteiger partial charge on any atom is -0.475 e. The first-order valence-electron chi connectivity index (χ1n) is 4.26. The number of esters is 1. The first kappa shape index (κ1) is 18.0. The lowest BCUT2D eigenvalue weighted by molar-refractivity contribution is -0.192. The standard InChI is InChI=1S/C6H13NO3.C2HF3O2/c1-9-4-5(7)3-6(8)10-2;3-2(4,5)1(6)7/h5H,3-4,7H2,1-2H3;(H,6,7)/t5-;/m0./s1. The molecule has 6 nitrogen and oxygen atoms in total. The molecule has 0 aliphatic heterocycles. The number of carbonyl (C=O) groups excluding carboxylic acids is 1. The van der Waals surface area contributed by atoms with Gasteiger partial charge in [0, 0.05) is 13.2 Å². The molecule has 17 heavy (non-hydrogen) atoms. The number of alkyl halides is 3. The van der Waals surface area contributed by atoms with Gasteiger partial charge in [-0.1, -0.05) is 0 Å². The summed E-state index contributed by atoms with van der Waals surface area (Å²) in [7, 11) is 2.87. The third-order valence-corrected chi connectivity index (χ3v) is 1.28. The van der Waals surface area contributed by atoms with Crippen LogP contribution in [0.2, 0.25) is 0 Å². The quantitative estimate of drug-likeness (QED) is 0.699. The van der Waals surface area contributed by atoms with E-state index in [-0.39, 0.29) is 18.4 Å². The highest BCUT2D eigenvalue weighted by Gasteiger charge is 2.38. The number of carbonyl (C=O) groups is 2. The second-order valence-corrected chi connectivity index (χ2v) is 2.80. The van der Waals surface area contributed by atoms with E-state index in [0.29, 0.717) is 6.61 Å². The molecule has 102 valence electrons. The third kappa shape index (κ3) is 12.6. The van der Waals surface area contributed by atoms with Crippen LogP contribution in [0.3, 0.4) is 0 Å². The lowest BCUT2D eigenvalue weighted by Crippen LogP contribution is -2.28. The molecule has 0 saturated heterocycles. The van der Waals surface area contributed by atoms with Gasteiger partial charge in [-0.2, -0.15) is 13.2 Å². The van der Waals surface area contributed by atoms with E-state index >= 15 is 0 Å². The van der Waals surface area contributed by atoms with Gasteiger partial charge in [-0.05, 0) is 0 Å². The van der Waals surface area contributed by atoms with Crippen LogP contribution in [0.1, 0.15) is 6.42 Å². The smallest absolute Gasteiger partial charge is 0.475 e. The second-order valence-electron chi connectivity index (χ2n) is 2.80. The number of carboxylic acid groups (broad SMARTS) is 1. The van der Waals surface area contributed by atoms with Gasteiger partial charge in [0.2, 0.25) is 0 Å². The maximum Gasteiger partial charge on any atom is 0.490 e. The average molecular weight is 261 g/mol. The molecule has 0 heterocycles. The van der Waals surface area contributed by atoms with E-state index in [4.69, 9.17) is 20.4 Å². The van der Waals surface area contributed by atoms with Crippen molar-refractivity contribution in [3.05, 3.63) is 0 Å². The molecule has 3 N–H and O–H groups in total. The van der Waals surface area contributed by atoms with Crippen molar-refractivity contribution in [2.45, 2.75) is 18.6 Å². The van der Waals surface area contributed by atoms with Gasteiger partial charge in [-0.15, -0.1) is 0 Å². The number of aliphatic carboxylic acids is 1. The first-order valence-corrected chi connectivity index (χ1v) is 4.26. The topological polar surface area (TPSA) is 98.9 Å². The molecule has 0 aliphatic carbocycles. The Morgan fingerprint density at radius 1 is 1.35 bits per heavy atom. The molecule has 0 spiro atoms. The molecule has 0 aliphatic rings. The van der Waals surface area contributed by atoms with Crippen LogP contribution in [0.15, 0.2) is 0 Å². The number of hydrogen-bond donors (Lipinski definition) is 2. The molecule has 0 rings (SSSR count). The lowest BCUT2D eigenvalue weighted by atomic mass is 10.2. The molecule has 0 radical (unpaired) electrons. The zero-order chi connectivity index (χ0) is 14.1. The molecule has 9 heteroatoms. The van der Waals surface area contributed by atoms with E-state index in [9.17, 15) is 18.0 Å². The van der Waals surface area contributed by atoms with Gasteiger partial charge in [0.1, 0.15) is 0 Å². The highest BCUT2D eigenvalue weighted by atomic mass is 19.4. The van der Waals surface area contributed by atoms with Crippen molar-refractivity contribution in [1.29, 1.82) is 0 Å². The summed E-state index contributed by atoms with van der Waals surface area (Å²) < 4.78 is 40.8. The number of methoxy groups -OCH3 is 2. The van der Waals surface area contributed by atoms with E-state index < -0.39 is 12.1 Å². The molecule has 0 fully saturated rings. The number of halogens is 3. The number of rotatable bonds is 4. The van der Waals surface area contributed by atoms with Crippen LogP contribution in [-0.2, 0) is 19.1 Å². The summed E-state index contributed by atoms with van der Waals surface area (Å²) in [5, 5.41) is 7.12. The van der Waals surface area contributed by atoms with Crippen LogP contribution in [-0.4, -0.2) is 50.1 Å². The lowest BCUT2D eigenvalue weighted by Gasteiger charge is -2.07. The predicted molar refractivity (Wildman–Crippen MR) is 50.2 cm³/mol. The molecular weight excluding hydrogens is 247 g/mol. The predicted octanol–water partition coefficient (Wildman–Crippen LogP) is 0.157. The SMILES string of the molecule is COC[C@@H](N)CC(=O)OC.O=C(O)C(F)(F)F. The summed E-state index contributed by atoms with van der Waals surface area (Å²) in [5.74, 6) is -3.06. The van der Waals surface area contributed by atoms with Crippen LogP contribution in [0.4, 0.5) is 13.2 Å². The van der Waals surface area contributed by atoms with Gasteiger partial charge >= 0.3 is 18.1 Å². The number of carboxylic acids is 1. The van der Waals surface area contributed by atoms with Crippen molar-refractivity contribution in [3.8, 4) is 0 Å². The fraction of sp³-hybridized carbons (Fsp3) is 0.750. The van der Waals surface area contributed by atoms with Gasteiger partial charge in [0.15, 0.2) is 0 Å². The maximum absolute atomic E-state index is 10.6. The van der Waals surface area contributed by atoms with Crippen molar-refractivity contribution in [2.24, 2.45) is 5.73 Å². The molecule has 0 amide bonds. The average Bonchev–Trinajstić information content (AvgIpc) is 2.17. The van der Waals surface area contributed by atoms with Crippen LogP contribution in [0.5, 0.6) is 0 Å². The van der Waals surface area contributed by atoms with E-state index in [0.717, 1.165) is 0 Å². The van der Waals surface area contributed by atoms with Gasteiger partial charge in [-0.3, -0.25) is 4.79 Å². The van der Waals surface area contributed by atoms with Gasteiger partial charge in [-0.25, -0.2) is 4.79 Å². The monoisotopic (exact) mass is 261 g/mol. The Morgan fingerprint density at radius 2 is 1.76 bits per heavy atom. The number of hydrogen-bond acceptors (Lipinski definition) is 5. The summed E-state index contributed by atoms with van der Waals surface area (Å²) in [6, 6.07) is -0.252. The van der Waals surface area contributed by atoms with Crippen molar-refractivity contribution in [1.82, 2.24) is 0 Å². The molecule has 0 aromatic carbocycles. The Bertz CT molecular complexity index is 244. The van der Waals surface area contributed by atoms with Gasteiger partial charge < -0.3 is 20.3 Å². The molecule has 0 saturated carbocycles. The van der Waals surface area contributed by atoms with Crippen molar-refractivity contribution < 1.29 is 37.3 Å². The molecule has 1 atom stereocenters. The summed E-state index contributed by atoms with van der Waals surface area (Å²) in [5.41, 5.74) is 5.43. The fourth-order valence-electron chi connectivity index (χ4n) is 0.570. The third-order valence-electron chi connectivity index (χ3n) is 1.28. The first-order chi connectivity index (χ1) is 7.65. The largest absolute Gasteiger partial charge is 0.490 e. The highest BCUT2D eigenvalue weighted by Crippen LogP contribution is 2.13. The summed E-state index contributed by atoms with van der Waals surface area (Å²) >= 11 is 0. The highest BCUT2D eigenvalue weighted by molar-refractivity contribution is 5.73. The van der Waals surface area contributed by atoms with Gasteiger partial charge in [0.25, 0.3) is 0 Å². The normalized spacial score (nSPS) is 12.1.